The van der Waals surface area contributed by atoms with Crippen molar-refractivity contribution in [1.29, 1.82) is 0 Å². The number of rotatable bonds is 5. The Morgan fingerprint density at radius 3 is 2.42 bits per heavy atom. The number of piperazine rings is 1. The third kappa shape index (κ3) is 4.49. The van der Waals surface area contributed by atoms with Crippen LogP contribution in [-0.2, 0) is 6.42 Å². The van der Waals surface area contributed by atoms with Gasteiger partial charge >= 0.3 is 0 Å². The highest BCUT2D eigenvalue weighted by atomic mass is 16.3. The monoisotopic (exact) mass is 325 g/mol. The van der Waals surface area contributed by atoms with Gasteiger partial charge in [0.2, 0.25) is 0 Å². The molecule has 2 aromatic carbocycles. The summed E-state index contributed by atoms with van der Waals surface area (Å²) in [5.41, 5.74) is 1.99. The van der Waals surface area contributed by atoms with Gasteiger partial charge in [-0.25, -0.2) is 0 Å². The van der Waals surface area contributed by atoms with Crippen LogP contribution < -0.4 is 0 Å². The number of nitrogens with zero attached hydrogens (tertiary/aromatic N) is 3. The highest BCUT2D eigenvalue weighted by Gasteiger charge is 2.15. The molecule has 0 bridgehead atoms. The smallest absolute Gasteiger partial charge is 0.128 e. The number of benzene rings is 2. The second-order valence-corrected chi connectivity index (χ2v) is 6.02. The normalized spacial score (nSPS) is 15.9. The van der Waals surface area contributed by atoms with Crippen LogP contribution >= 0.6 is 0 Å². The Bertz CT molecular complexity index is 680. The summed E-state index contributed by atoms with van der Waals surface area (Å²) in [7, 11) is 0. The van der Waals surface area contributed by atoms with Crippen molar-refractivity contribution in [2.24, 2.45) is 5.10 Å². The van der Waals surface area contributed by atoms with Crippen LogP contribution in [0.25, 0.3) is 0 Å². The lowest BCUT2D eigenvalue weighted by molar-refractivity contribution is 0.138. The molecule has 0 saturated carbocycles. The lowest BCUT2D eigenvalue weighted by Crippen LogP contribution is -2.44. The second-order valence-electron chi connectivity index (χ2n) is 6.02. The van der Waals surface area contributed by atoms with Crippen molar-refractivity contribution in [3.05, 3.63) is 59.7 Å². The van der Waals surface area contributed by atoms with E-state index in [0.29, 0.717) is 5.56 Å². The van der Waals surface area contributed by atoms with Crippen molar-refractivity contribution >= 4 is 6.21 Å². The van der Waals surface area contributed by atoms with Crippen molar-refractivity contribution in [2.75, 3.05) is 32.7 Å². The first kappa shape index (κ1) is 16.3. The summed E-state index contributed by atoms with van der Waals surface area (Å²) in [6, 6.07) is 15.1. The van der Waals surface area contributed by atoms with Crippen molar-refractivity contribution in [2.45, 2.75) is 6.42 Å². The number of phenolic OH excluding ortho intramolecular Hbond substituents is 2. The molecule has 5 nitrogen and oxygen atoms in total. The molecule has 1 fully saturated rings. The van der Waals surface area contributed by atoms with Gasteiger partial charge in [-0.1, -0.05) is 30.3 Å². The molecule has 1 saturated heterocycles. The molecule has 0 radical (unpaired) electrons. The van der Waals surface area contributed by atoms with Crippen LogP contribution in [0.4, 0.5) is 0 Å². The van der Waals surface area contributed by atoms with Gasteiger partial charge in [0.05, 0.1) is 6.21 Å². The van der Waals surface area contributed by atoms with Crippen LogP contribution in [-0.4, -0.2) is 59.1 Å². The number of aromatic hydroxyl groups is 2. The van der Waals surface area contributed by atoms with Gasteiger partial charge < -0.3 is 10.2 Å². The fraction of sp³-hybridized carbons (Fsp3) is 0.316. The van der Waals surface area contributed by atoms with Crippen molar-refractivity contribution in [3.8, 4) is 11.5 Å². The van der Waals surface area contributed by atoms with E-state index in [4.69, 9.17) is 0 Å². The first-order valence-electron chi connectivity index (χ1n) is 8.28. The molecule has 126 valence electrons. The number of phenols is 2. The predicted molar refractivity (Wildman–Crippen MR) is 95.5 cm³/mol. The SMILES string of the molecule is Oc1ccc(/C=N/N2CCN(CCc3ccccc3)CC2)c(O)c1. The van der Waals surface area contributed by atoms with Crippen LogP contribution in [0.3, 0.4) is 0 Å². The minimum Gasteiger partial charge on any atom is -0.508 e. The Kier molecular flexibility index (Phi) is 5.33. The largest absolute Gasteiger partial charge is 0.508 e. The summed E-state index contributed by atoms with van der Waals surface area (Å²) in [6.07, 6.45) is 2.72. The van der Waals surface area contributed by atoms with E-state index in [1.165, 1.54) is 11.6 Å². The molecule has 0 unspecified atom stereocenters. The lowest BCUT2D eigenvalue weighted by Gasteiger charge is -2.33. The van der Waals surface area contributed by atoms with Crippen LogP contribution in [0.15, 0.2) is 53.6 Å². The number of hydrogen-bond acceptors (Lipinski definition) is 5. The van der Waals surface area contributed by atoms with Gasteiger partial charge in [0, 0.05) is 44.4 Å². The number of hydrogen-bond donors (Lipinski definition) is 2. The zero-order valence-corrected chi connectivity index (χ0v) is 13.7. The maximum Gasteiger partial charge on any atom is 0.128 e. The minimum absolute atomic E-state index is 0.0419. The lowest BCUT2D eigenvalue weighted by atomic mass is 10.1. The van der Waals surface area contributed by atoms with Crippen molar-refractivity contribution in [3.63, 3.8) is 0 Å². The van der Waals surface area contributed by atoms with E-state index in [1.54, 1.807) is 18.3 Å². The summed E-state index contributed by atoms with van der Waals surface area (Å²) in [5, 5.41) is 25.5. The fourth-order valence-corrected chi connectivity index (χ4v) is 2.79. The molecule has 24 heavy (non-hydrogen) atoms. The van der Waals surface area contributed by atoms with Gasteiger partial charge in [-0.2, -0.15) is 5.10 Å². The van der Waals surface area contributed by atoms with E-state index in [0.717, 1.165) is 39.1 Å². The van der Waals surface area contributed by atoms with Crippen LogP contribution in [0, 0.1) is 0 Å². The van der Waals surface area contributed by atoms with Gasteiger partial charge in [0.15, 0.2) is 0 Å². The predicted octanol–water partition coefficient (Wildman–Crippen LogP) is 2.29. The first-order chi connectivity index (χ1) is 11.7. The molecule has 1 aliphatic rings. The minimum atomic E-state index is 0.0419. The van der Waals surface area contributed by atoms with Gasteiger partial charge in [0.1, 0.15) is 11.5 Å². The van der Waals surface area contributed by atoms with E-state index in [-0.39, 0.29) is 11.5 Å². The van der Waals surface area contributed by atoms with Crippen LogP contribution in [0.2, 0.25) is 0 Å². The van der Waals surface area contributed by atoms with Gasteiger partial charge in [-0.05, 0) is 24.1 Å². The van der Waals surface area contributed by atoms with Crippen molar-refractivity contribution in [1.82, 2.24) is 9.91 Å². The summed E-state index contributed by atoms with van der Waals surface area (Å²) in [4.78, 5) is 2.46. The van der Waals surface area contributed by atoms with Crippen LogP contribution in [0.5, 0.6) is 11.5 Å². The third-order valence-electron chi connectivity index (χ3n) is 4.28. The Balaban J connectivity index is 1.45. The van der Waals surface area contributed by atoms with Crippen molar-refractivity contribution < 1.29 is 10.2 Å². The average Bonchev–Trinajstić information content (AvgIpc) is 2.61. The molecular formula is C19H23N3O2. The van der Waals surface area contributed by atoms with E-state index >= 15 is 0 Å². The quantitative estimate of drug-likeness (QED) is 0.828. The van der Waals surface area contributed by atoms with Gasteiger partial charge in [0.25, 0.3) is 0 Å². The molecule has 0 atom stereocenters. The van der Waals surface area contributed by atoms with E-state index < -0.39 is 0 Å². The molecular weight excluding hydrogens is 302 g/mol. The molecule has 5 heteroatoms. The molecule has 1 aliphatic heterocycles. The maximum absolute atomic E-state index is 9.76. The molecule has 2 N–H and O–H groups in total. The topological polar surface area (TPSA) is 59.3 Å². The molecule has 2 aromatic rings. The van der Waals surface area contributed by atoms with Gasteiger partial charge in [-0.3, -0.25) is 9.91 Å². The maximum atomic E-state index is 9.76. The summed E-state index contributed by atoms with van der Waals surface area (Å²) in [6.45, 7) is 4.81. The molecule has 0 aliphatic carbocycles. The first-order valence-corrected chi connectivity index (χ1v) is 8.28. The molecule has 0 amide bonds. The van der Waals surface area contributed by atoms with E-state index in [2.05, 4.69) is 34.3 Å². The highest BCUT2D eigenvalue weighted by molar-refractivity contribution is 5.83. The Labute approximate surface area is 142 Å². The number of hydrazone groups is 1. The molecule has 1 heterocycles. The molecule has 3 rings (SSSR count). The van der Waals surface area contributed by atoms with Gasteiger partial charge in [-0.15, -0.1) is 0 Å². The molecule has 0 spiro atoms. The highest BCUT2D eigenvalue weighted by Crippen LogP contribution is 2.21. The Morgan fingerprint density at radius 2 is 1.71 bits per heavy atom. The third-order valence-corrected chi connectivity index (χ3v) is 4.28. The Morgan fingerprint density at radius 1 is 0.958 bits per heavy atom. The zero-order valence-electron chi connectivity index (χ0n) is 13.7. The van der Waals surface area contributed by atoms with E-state index in [9.17, 15) is 10.2 Å². The standard InChI is InChI=1S/C19H23N3O2/c23-18-7-6-17(19(24)14-18)15-20-22-12-10-21(11-13-22)9-8-16-4-2-1-3-5-16/h1-7,14-15,23-24H,8-13H2/b20-15+. The second kappa shape index (κ2) is 7.84. The van der Waals surface area contributed by atoms with Crippen LogP contribution in [0.1, 0.15) is 11.1 Å². The Hall–Kier alpha value is -2.53. The van der Waals surface area contributed by atoms with E-state index in [1.807, 2.05) is 11.1 Å². The fourth-order valence-electron chi connectivity index (χ4n) is 2.79. The molecule has 0 aromatic heterocycles. The summed E-state index contributed by atoms with van der Waals surface area (Å²) in [5.74, 6) is 0.0944. The zero-order chi connectivity index (χ0) is 16.8. The summed E-state index contributed by atoms with van der Waals surface area (Å²) >= 11 is 0. The average molecular weight is 325 g/mol. The summed E-state index contributed by atoms with van der Waals surface area (Å²) < 4.78 is 0.